The fourth-order valence-electron chi connectivity index (χ4n) is 6.74. The number of hydrogen-bond donors (Lipinski definition) is 1. The van der Waals surface area contributed by atoms with Crippen molar-refractivity contribution in [3.05, 3.63) is 54.0 Å². The van der Waals surface area contributed by atoms with Crippen molar-refractivity contribution in [1.82, 2.24) is 4.90 Å². The number of fused-ring (bicyclic) bond motifs is 7. The van der Waals surface area contributed by atoms with Crippen LogP contribution in [0, 0.1) is 23.7 Å². The Morgan fingerprint density at radius 2 is 2.04 bits per heavy atom. The molecule has 4 nitrogen and oxygen atoms in total. The maximum absolute atomic E-state index is 13.5. The molecule has 1 spiro atoms. The van der Waals surface area contributed by atoms with E-state index in [0.717, 1.165) is 41.2 Å². The molecule has 1 amide bonds. The molecule has 3 saturated carbocycles. The fraction of sp³-hybridized carbons (Fsp3) is 0.500. The summed E-state index contributed by atoms with van der Waals surface area (Å²) in [4.78, 5) is 15.6. The molecular formula is C22H24N2O2. The van der Waals surface area contributed by atoms with Gasteiger partial charge in [-0.1, -0.05) is 18.6 Å². The van der Waals surface area contributed by atoms with Gasteiger partial charge in [-0.05, 0) is 67.7 Å². The molecule has 3 aliphatic carbocycles. The third kappa shape index (κ3) is 1.82. The SMILES string of the molecule is O=C1c2ccccc2N[C@]2(C[C@H]3CC2[C@H]2CCC[C@H]32)N1Cc1ccco1. The highest BCUT2D eigenvalue weighted by molar-refractivity contribution is 6.02. The van der Waals surface area contributed by atoms with Crippen LogP contribution in [0.2, 0.25) is 0 Å². The van der Waals surface area contributed by atoms with Gasteiger partial charge < -0.3 is 14.6 Å². The minimum Gasteiger partial charge on any atom is -0.467 e. The number of carbonyl (C=O) groups excluding carboxylic acids is 1. The number of anilines is 1. The van der Waals surface area contributed by atoms with Gasteiger partial charge in [0.05, 0.1) is 18.4 Å². The van der Waals surface area contributed by atoms with Crippen LogP contribution in [-0.2, 0) is 6.54 Å². The second-order valence-electron chi connectivity index (χ2n) is 8.63. The number of hydrogen-bond acceptors (Lipinski definition) is 3. The van der Waals surface area contributed by atoms with Crippen LogP contribution < -0.4 is 5.32 Å². The van der Waals surface area contributed by atoms with Crippen molar-refractivity contribution in [3.8, 4) is 0 Å². The van der Waals surface area contributed by atoms with Gasteiger partial charge in [0, 0.05) is 11.6 Å². The van der Waals surface area contributed by atoms with E-state index < -0.39 is 0 Å². The number of nitrogens with zero attached hydrogens (tertiary/aromatic N) is 1. The van der Waals surface area contributed by atoms with E-state index in [4.69, 9.17) is 4.42 Å². The normalized spacial score (nSPS) is 37.1. The summed E-state index contributed by atoms with van der Waals surface area (Å²) in [5, 5.41) is 3.87. The highest BCUT2D eigenvalue weighted by Crippen LogP contribution is 2.64. The summed E-state index contributed by atoms with van der Waals surface area (Å²) in [5.74, 6) is 4.01. The van der Waals surface area contributed by atoms with E-state index in [0.29, 0.717) is 12.5 Å². The predicted octanol–water partition coefficient (Wildman–Crippen LogP) is 4.50. The fourth-order valence-corrected chi connectivity index (χ4v) is 6.74. The zero-order valence-electron chi connectivity index (χ0n) is 14.9. The number of amides is 1. The minimum atomic E-state index is -0.242. The molecule has 2 heterocycles. The van der Waals surface area contributed by atoms with Gasteiger partial charge >= 0.3 is 0 Å². The molecule has 5 atom stereocenters. The summed E-state index contributed by atoms with van der Waals surface area (Å²) in [6, 6.07) is 11.9. The van der Waals surface area contributed by atoms with Gasteiger partial charge in [0.2, 0.25) is 0 Å². The lowest BCUT2D eigenvalue weighted by Crippen LogP contribution is -2.64. The average Bonchev–Trinajstić information content (AvgIpc) is 3.40. The molecule has 4 aliphatic rings. The third-order valence-electron chi connectivity index (χ3n) is 7.62. The van der Waals surface area contributed by atoms with E-state index in [-0.39, 0.29) is 11.6 Å². The second kappa shape index (κ2) is 5.15. The van der Waals surface area contributed by atoms with Crippen LogP contribution >= 0.6 is 0 Å². The Hall–Kier alpha value is -2.23. The Balaban J connectivity index is 1.46. The summed E-state index contributed by atoms with van der Waals surface area (Å²) < 4.78 is 5.62. The highest BCUT2D eigenvalue weighted by Gasteiger charge is 2.65. The van der Waals surface area contributed by atoms with E-state index >= 15 is 0 Å². The zero-order chi connectivity index (χ0) is 17.3. The first-order chi connectivity index (χ1) is 12.8. The molecule has 1 unspecified atom stereocenters. The zero-order valence-corrected chi connectivity index (χ0v) is 14.9. The number of rotatable bonds is 2. The first-order valence-electron chi connectivity index (χ1n) is 9.98. The van der Waals surface area contributed by atoms with Crippen molar-refractivity contribution in [1.29, 1.82) is 0 Å². The molecule has 1 aliphatic heterocycles. The molecule has 2 bridgehead atoms. The van der Waals surface area contributed by atoms with E-state index in [2.05, 4.69) is 16.3 Å². The molecule has 4 heteroatoms. The number of furan rings is 1. The molecule has 3 fully saturated rings. The van der Waals surface area contributed by atoms with Crippen molar-refractivity contribution in [3.63, 3.8) is 0 Å². The van der Waals surface area contributed by atoms with Gasteiger partial charge in [0.25, 0.3) is 5.91 Å². The number of nitrogens with one attached hydrogen (secondary N) is 1. The summed E-state index contributed by atoms with van der Waals surface area (Å²) in [6.45, 7) is 0.549. The molecule has 0 radical (unpaired) electrons. The molecule has 134 valence electrons. The number of carbonyl (C=O) groups is 1. The second-order valence-corrected chi connectivity index (χ2v) is 8.63. The van der Waals surface area contributed by atoms with Crippen LogP contribution in [-0.4, -0.2) is 16.5 Å². The monoisotopic (exact) mass is 348 g/mol. The Kier molecular flexibility index (Phi) is 2.95. The first-order valence-corrected chi connectivity index (χ1v) is 9.98. The van der Waals surface area contributed by atoms with Crippen molar-refractivity contribution in [2.24, 2.45) is 23.7 Å². The highest BCUT2D eigenvalue weighted by atomic mass is 16.3. The Morgan fingerprint density at radius 1 is 1.15 bits per heavy atom. The summed E-state index contributed by atoms with van der Waals surface area (Å²) in [5.41, 5.74) is 1.56. The van der Waals surface area contributed by atoms with Crippen LogP contribution in [0.4, 0.5) is 5.69 Å². The van der Waals surface area contributed by atoms with Crippen molar-refractivity contribution in [2.45, 2.75) is 44.3 Å². The Morgan fingerprint density at radius 3 is 2.92 bits per heavy atom. The van der Waals surface area contributed by atoms with Gasteiger partial charge in [0.1, 0.15) is 11.4 Å². The maximum atomic E-state index is 13.5. The van der Waals surface area contributed by atoms with Gasteiger partial charge in [-0.3, -0.25) is 4.79 Å². The summed E-state index contributed by atoms with van der Waals surface area (Å²) >= 11 is 0. The van der Waals surface area contributed by atoms with Gasteiger partial charge in [0.15, 0.2) is 0 Å². The van der Waals surface area contributed by atoms with Crippen LogP contribution in [0.15, 0.2) is 47.1 Å². The number of para-hydroxylation sites is 1. The molecule has 26 heavy (non-hydrogen) atoms. The van der Waals surface area contributed by atoms with Gasteiger partial charge in [-0.25, -0.2) is 0 Å². The quantitative estimate of drug-likeness (QED) is 0.869. The minimum absolute atomic E-state index is 0.151. The summed E-state index contributed by atoms with van der Waals surface area (Å²) in [7, 11) is 0. The Bertz CT molecular complexity index is 861. The van der Waals surface area contributed by atoms with Crippen LogP contribution in [0.3, 0.4) is 0 Å². The smallest absolute Gasteiger partial charge is 0.258 e. The predicted molar refractivity (Wildman–Crippen MR) is 98.4 cm³/mol. The van der Waals surface area contributed by atoms with Crippen LogP contribution in [0.5, 0.6) is 0 Å². The van der Waals surface area contributed by atoms with Crippen molar-refractivity contribution < 1.29 is 9.21 Å². The molecule has 1 N–H and O–H groups in total. The molecule has 0 saturated heterocycles. The van der Waals surface area contributed by atoms with Gasteiger partial charge in [-0.2, -0.15) is 0 Å². The maximum Gasteiger partial charge on any atom is 0.258 e. The molecule has 1 aromatic heterocycles. The van der Waals surface area contributed by atoms with Crippen LogP contribution in [0.1, 0.15) is 48.2 Å². The lowest BCUT2D eigenvalue weighted by atomic mass is 9.73. The van der Waals surface area contributed by atoms with E-state index in [9.17, 15) is 4.79 Å². The largest absolute Gasteiger partial charge is 0.467 e. The first kappa shape index (κ1) is 14.9. The van der Waals surface area contributed by atoms with Crippen molar-refractivity contribution in [2.75, 3.05) is 5.32 Å². The molecule has 1 aromatic carbocycles. The molecule has 6 rings (SSSR count). The lowest BCUT2D eigenvalue weighted by Gasteiger charge is -2.53. The Labute approximate surface area is 153 Å². The number of benzene rings is 1. The van der Waals surface area contributed by atoms with E-state index in [1.807, 2.05) is 30.3 Å². The van der Waals surface area contributed by atoms with E-state index in [1.165, 1.54) is 25.7 Å². The molecular weight excluding hydrogens is 324 g/mol. The topological polar surface area (TPSA) is 45.5 Å². The standard InChI is InChI=1S/C22H24N2O2/c25-21-18-6-1-2-9-20(18)23-22(24(21)13-15-5-4-10-26-15)12-14-11-19(22)17-8-3-7-16(14)17/h1-2,4-6,9-10,14,16-17,19,23H,3,7-8,11-13H2/t14-,16-,17+,19?,22-/m1/s1. The lowest BCUT2D eigenvalue weighted by molar-refractivity contribution is 0.00831. The average molecular weight is 348 g/mol. The van der Waals surface area contributed by atoms with Crippen LogP contribution in [0.25, 0.3) is 0 Å². The summed E-state index contributed by atoms with van der Waals surface area (Å²) in [6.07, 6.45) is 8.14. The molecule has 2 aromatic rings. The third-order valence-corrected chi connectivity index (χ3v) is 7.62. The van der Waals surface area contributed by atoms with Gasteiger partial charge in [-0.15, -0.1) is 0 Å². The van der Waals surface area contributed by atoms with E-state index in [1.54, 1.807) is 6.26 Å². The van der Waals surface area contributed by atoms with Crippen molar-refractivity contribution >= 4 is 11.6 Å².